The number of alkyl halides is 1. The molecule has 0 radical (unpaired) electrons. The predicted molar refractivity (Wildman–Crippen MR) is 144 cm³/mol. The van der Waals surface area contributed by atoms with Gasteiger partial charge in [0.25, 0.3) is 14.2 Å². The molecule has 10 heteroatoms. The van der Waals surface area contributed by atoms with Crippen molar-refractivity contribution in [2.45, 2.75) is 77.2 Å². The maximum atomic E-state index is 13.2. The first kappa shape index (κ1) is 30.4. The number of amides is 1. The molecule has 0 aliphatic carbocycles. The molecular weight excluding hydrogens is 495 g/mol. The largest absolute Gasteiger partial charge is 0.543 e. The van der Waals surface area contributed by atoms with E-state index in [1.54, 1.807) is 31.2 Å². The minimum atomic E-state index is -2.28. The van der Waals surface area contributed by atoms with Gasteiger partial charge < -0.3 is 29.3 Å². The summed E-state index contributed by atoms with van der Waals surface area (Å²) in [6.07, 6.45) is -0.635. The van der Waals surface area contributed by atoms with Gasteiger partial charge in [-0.2, -0.15) is 0 Å². The highest BCUT2D eigenvalue weighted by Crippen LogP contribution is 2.44. The standard InChI is InChI=1S/C27H41FN2O6Si/c1-16(2)37(17(3)4,18(5)6)36-22-12-20(11-21(13-22)35-19(7)14-28)23-9-10-24(29-23)26(32)30-25(15-31)27(33)34-8/h9-13,16-19,25,29,31H,14-15H2,1-8H3,(H,30,32)/t19-,25-/m0/s1. The molecular formula is C27H41FN2O6Si. The molecule has 0 spiro atoms. The minimum absolute atomic E-state index is 0.193. The zero-order valence-corrected chi connectivity index (χ0v) is 24.1. The van der Waals surface area contributed by atoms with Gasteiger partial charge in [0.15, 0.2) is 6.04 Å². The van der Waals surface area contributed by atoms with E-state index in [4.69, 9.17) is 9.16 Å². The summed E-state index contributed by atoms with van der Waals surface area (Å²) in [6, 6.07) is 7.57. The SMILES string of the molecule is COC(=O)[C@H](CO)NC(=O)c1ccc(-c2cc(O[C@@H](C)CF)cc(O[Si](C(C)C)(C(C)C)C(C)C)c2)[nH]1. The fraction of sp³-hybridized carbons (Fsp3) is 0.556. The first-order chi connectivity index (χ1) is 17.4. The first-order valence-corrected chi connectivity index (χ1v) is 14.8. The number of ether oxygens (including phenoxy) is 2. The average molecular weight is 537 g/mol. The minimum Gasteiger partial charge on any atom is -0.543 e. The number of aliphatic hydroxyl groups excluding tert-OH is 1. The van der Waals surface area contributed by atoms with E-state index in [1.807, 2.05) is 6.07 Å². The lowest BCUT2D eigenvalue weighted by atomic mass is 10.1. The topological polar surface area (TPSA) is 110 Å². The second-order valence-electron chi connectivity index (χ2n) is 10.2. The van der Waals surface area contributed by atoms with Crippen LogP contribution in [0.5, 0.6) is 11.5 Å². The number of H-pyrrole nitrogens is 1. The molecule has 3 N–H and O–H groups in total. The third-order valence-electron chi connectivity index (χ3n) is 6.65. The third-order valence-corrected chi connectivity index (χ3v) is 12.7. The van der Waals surface area contributed by atoms with Crippen molar-refractivity contribution in [2.75, 3.05) is 20.4 Å². The number of hydrogen-bond acceptors (Lipinski definition) is 6. The van der Waals surface area contributed by atoms with E-state index < -0.39 is 45.6 Å². The van der Waals surface area contributed by atoms with Gasteiger partial charge in [0.1, 0.15) is 30.0 Å². The van der Waals surface area contributed by atoms with E-state index in [0.717, 1.165) is 0 Å². The first-order valence-electron chi connectivity index (χ1n) is 12.6. The average Bonchev–Trinajstić information content (AvgIpc) is 3.35. The lowest BCUT2D eigenvalue weighted by Crippen LogP contribution is -2.50. The molecule has 1 aromatic heterocycles. The van der Waals surface area contributed by atoms with E-state index in [2.05, 4.69) is 56.6 Å². The van der Waals surface area contributed by atoms with Crippen molar-refractivity contribution in [2.24, 2.45) is 0 Å². The summed E-state index contributed by atoms with van der Waals surface area (Å²) in [5.41, 5.74) is 2.54. The second-order valence-corrected chi connectivity index (χ2v) is 15.6. The molecule has 0 saturated heterocycles. The summed E-state index contributed by atoms with van der Waals surface area (Å²) in [5, 5.41) is 11.8. The van der Waals surface area contributed by atoms with Crippen LogP contribution in [-0.2, 0) is 9.53 Å². The normalized spacial score (nSPS) is 13.5. The fourth-order valence-corrected chi connectivity index (χ4v) is 10.2. The summed E-state index contributed by atoms with van der Waals surface area (Å²) in [4.78, 5) is 27.4. The Bertz CT molecular complexity index is 1030. The monoisotopic (exact) mass is 536 g/mol. The molecule has 2 atom stereocenters. The number of rotatable bonds is 13. The van der Waals surface area contributed by atoms with Gasteiger partial charge in [0.2, 0.25) is 0 Å². The molecule has 0 aliphatic heterocycles. The van der Waals surface area contributed by atoms with E-state index in [9.17, 15) is 19.1 Å². The summed E-state index contributed by atoms with van der Waals surface area (Å²) in [6.45, 7) is 13.6. The Labute approximate surface area is 220 Å². The fourth-order valence-electron chi connectivity index (χ4n) is 4.93. The lowest BCUT2D eigenvalue weighted by Gasteiger charge is -2.42. The molecule has 1 heterocycles. The molecule has 37 heavy (non-hydrogen) atoms. The van der Waals surface area contributed by atoms with E-state index in [-0.39, 0.29) is 5.69 Å². The number of carbonyl (C=O) groups excluding carboxylic acids is 2. The van der Waals surface area contributed by atoms with Crippen LogP contribution >= 0.6 is 0 Å². The van der Waals surface area contributed by atoms with Gasteiger partial charge in [0, 0.05) is 17.3 Å². The third kappa shape index (κ3) is 7.13. The van der Waals surface area contributed by atoms with E-state index in [1.165, 1.54) is 7.11 Å². The van der Waals surface area contributed by atoms with Gasteiger partial charge >= 0.3 is 5.97 Å². The van der Waals surface area contributed by atoms with Crippen LogP contribution in [0.3, 0.4) is 0 Å². The summed E-state index contributed by atoms with van der Waals surface area (Å²) in [5.74, 6) is -0.225. The Kier molecular flexibility index (Phi) is 10.7. The molecule has 0 bridgehead atoms. The summed E-state index contributed by atoms with van der Waals surface area (Å²) in [7, 11) is -1.11. The van der Waals surface area contributed by atoms with Crippen LogP contribution in [0.4, 0.5) is 4.39 Å². The number of aromatic nitrogens is 1. The van der Waals surface area contributed by atoms with Gasteiger partial charge in [-0.05, 0) is 47.8 Å². The highest BCUT2D eigenvalue weighted by atomic mass is 28.4. The molecule has 1 aromatic carbocycles. The molecule has 0 aliphatic rings. The van der Waals surface area contributed by atoms with Crippen LogP contribution < -0.4 is 14.5 Å². The maximum Gasteiger partial charge on any atom is 0.330 e. The van der Waals surface area contributed by atoms with Crippen molar-refractivity contribution in [1.82, 2.24) is 10.3 Å². The van der Waals surface area contributed by atoms with E-state index in [0.29, 0.717) is 39.4 Å². The molecule has 8 nitrogen and oxygen atoms in total. The molecule has 1 amide bonds. The van der Waals surface area contributed by atoms with Crippen LogP contribution in [0.25, 0.3) is 11.3 Å². The smallest absolute Gasteiger partial charge is 0.330 e. The summed E-state index contributed by atoms with van der Waals surface area (Å²) < 4.78 is 30.5. The molecule has 0 fully saturated rings. The van der Waals surface area contributed by atoms with Crippen LogP contribution in [0, 0.1) is 0 Å². The van der Waals surface area contributed by atoms with Crippen molar-refractivity contribution >= 4 is 20.2 Å². The zero-order chi connectivity index (χ0) is 27.9. The highest BCUT2D eigenvalue weighted by molar-refractivity contribution is 6.78. The second kappa shape index (κ2) is 13.1. The van der Waals surface area contributed by atoms with Crippen molar-refractivity contribution in [3.8, 4) is 22.8 Å². The number of methoxy groups -OCH3 is 1. The Hall–Kier alpha value is -2.85. The number of benzene rings is 1. The van der Waals surface area contributed by atoms with Gasteiger partial charge in [-0.15, -0.1) is 0 Å². The summed E-state index contributed by atoms with van der Waals surface area (Å²) >= 11 is 0. The van der Waals surface area contributed by atoms with Gasteiger partial charge in [-0.25, -0.2) is 9.18 Å². The van der Waals surface area contributed by atoms with Crippen LogP contribution in [0.1, 0.15) is 59.0 Å². The number of nitrogens with one attached hydrogen (secondary N) is 2. The van der Waals surface area contributed by atoms with Crippen molar-refractivity contribution < 1.29 is 33.0 Å². The van der Waals surface area contributed by atoms with Gasteiger partial charge in [-0.1, -0.05) is 41.5 Å². The van der Waals surface area contributed by atoms with Crippen LogP contribution in [0.2, 0.25) is 16.6 Å². The molecule has 2 rings (SSSR count). The van der Waals surface area contributed by atoms with Crippen molar-refractivity contribution in [3.05, 3.63) is 36.0 Å². The Morgan fingerprint density at radius 1 is 1.00 bits per heavy atom. The molecule has 206 valence electrons. The number of aliphatic hydroxyl groups is 1. The Morgan fingerprint density at radius 2 is 1.59 bits per heavy atom. The molecule has 0 unspecified atom stereocenters. The Balaban J connectivity index is 2.48. The van der Waals surface area contributed by atoms with Gasteiger partial charge in [0.05, 0.1) is 13.7 Å². The molecule has 0 saturated carbocycles. The zero-order valence-electron chi connectivity index (χ0n) is 23.1. The molecule has 2 aromatic rings. The quantitative estimate of drug-likeness (QED) is 0.239. The lowest BCUT2D eigenvalue weighted by molar-refractivity contribution is -0.143. The number of halogens is 1. The highest BCUT2D eigenvalue weighted by Gasteiger charge is 2.47. The van der Waals surface area contributed by atoms with Crippen LogP contribution in [-0.4, -0.2) is 62.8 Å². The number of esters is 1. The van der Waals surface area contributed by atoms with E-state index >= 15 is 0 Å². The number of hydrogen-bond donors (Lipinski definition) is 3. The number of aromatic amines is 1. The Morgan fingerprint density at radius 3 is 2.11 bits per heavy atom. The maximum absolute atomic E-state index is 13.2. The van der Waals surface area contributed by atoms with Crippen molar-refractivity contribution in [1.29, 1.82) is 0 Å². The predicted octanol–water partition coefficient (Wildman–Crippen LogP) is 5.24. The van der Waals surface area contributed by atoms with Gasteiger partial charge in [-0.3, -0.25) is 4.79 Å². The van der Waals surface area contributed by atoms with Crippen LogP contribution in [0.15, 0.2) is 30.3 Å². The van der Waals surface area contributed by atoms with Crippen molar-refractivity contribution in [3.63, 3.8) is 0 Å². The number of carbonyl (C=O) groups is 2.